The molecule has 1 N–H and O–H groups in total. The quantitative estimate of drug-likeness (QED) is 0.527. The number of hydrogen-bond acceptors (Lipinski definition) is 2. The SMILES string of the molecule is C#CCCCNCC1CCCCN1C. The standard InChI is InChI=1S/C12H22N2/c1-3-4-6-9-13-11-12-8-5-7-10-14(12)2/h1,12-13H,4-11H2,2H3. The minimum Gasteiger partial charge on any atom is -0.315 e. The predicted molar refractivity (Wildman–Crippen MR) is 61.2 cm³/mol. The molecule has 1 fully saturated rings. The number of hydrogen-bond donors (Lipinski definition) is 1. The largest absolute Gasteiger partial charge is 0.315 e. The van der Waals surface area contributed by atoms with Gasteiger partial charge in [-0.2, -0.15) is 0 Å². The summed E-state index contributed by atoms with van der Waals surface area (Å²) in [6.07, 6.45) is 11.3. The Labute approximate surface area is 88.1 Å². The fourth-order valence-electron chi connectivity index (χ4n) is 1.99. The molecule has 1 aliphatic heterocycles. The zero-order valence-electron chi connectivity index (χ0n) is 9.26. The second kappa shape index (κ2) is 6.86. The van der Waals surface area contributed by atoms with Crippen LogP contribution in [-0.2, 0) is 0 Å². The Morgan fingerprint density at radius 2 is 2.36 bits per heavy atom. The average molecular weight is 194 g/mol. The summed E-state index contributed by atoms with van der Waals surface area (Å²) in [6, 6.07) is 0.745. The van der Waals surface area contributed by atoms with E-state index in [4.69, 9.17) is 6.42 Å². The maximum Gasteiger partial charge on any atom is 0.0217 e. The lowest BCUT2D eigenvalue weighted by atomic mass is 10.0. The molecule has 0 aromatic heterocycles. The van der Waals surface area contributed by atoms with Gasteiger partial charge in [0.2, 0.25) is 0 Å². The number of terminal acetylenes is 1. The van der Waals surface area contributed by atoms with Gasteiger partial charge in [0.25, 0.3) is 0 Å². The van der Waals surface area contributed by atoms with Gasteiger partial charge in [-0.05, 0) is 39.4 Å². The maximum absolute atomic E-state index is 5.19. The van der Waals surface area contributed by atoms with Crippen molar-refractivity contribution in [3.63, 3.8) is 0 Å². The summed E-state index contributed by atoms with van der Waals surface area (Å²) >= 11 is 0. The molecule has 1 aliphatic rings. The molecule has 0 radical (unpaired) electrons. The van der Waals surface area contributed by atoms with E-state index in [1.54, 1.807) is 0 Å². The van der Waals surface area contributed by atoms with E-state index in [0.717, 1.165) is 32.0 Å². The molecule has 1 saturated heterocycles. The minimum atomic E-state index is 0.745. The van der Waals surface area contributed by atoms with Gasteiger partial charge in [-0.15, -0.1) is 12.3 Å². The van der Waals surface area contributed by atoms with E-state index in [1.807, 2.05) is 0 Å². The molecule has 1 heterocycles. The second-order valence-corrected chi connectivity index (χ2v) is 4.14. The van der Waals surface area contributed by atoms with Crippen molar-refractivity contribution in [2.75, 3.05) is 26.7 Å². The van der Waals surface area contributed by atoms with Crippen molar-refractivity contribution in [3.8, 4) is 12.3 Å². The van der Waals surface area contributed by atoms with Crippen molar-refractivity contribution >= 4 is 0 Å². The van der Waals surface area contributed by atoms with E-state index in [0.29, 0.717) is 0 Å². The van der Waals surface area contributed by atoms with Gasteiger partial charge in [-0.1, -0.05) is 6.42 Å². The van der Waals surface area contributed by atoms with Crippen LogP contribution in [0, 0.1) is 12.3 Å². The van der Waals surface area contributed by atoms with Crippen LogP contribution in [0.25, 0.3) is 0 Å². The lowest BCUT2D eigenvalue weighted by molar-refractivity contribution is 0.182. The first-order valence-electron chi connectivity index (χ1n) is 5.69. The van der Waals surface area contributed by atoms with Gasteiger partial charge in [-0.3, -0.25) is 0 Å². The van der Waals surface area contributed by atoms with Gasteiger partial charge in [0.05, 0.1) is 0 Å². The van der Waals surface area contributed by atoms with Gasteiger partial charge in [0, 0.05) is 19.0 Å². The van der Waals surface area contributed by atoms with E-state index in [2.05, 4.69) is 23.2 Å². The summed E-state index contributed by atoms with van der Waals surface area (Å²) in [6.45, 7) is 3.45. The lowest BCUT2D eigenvalue weighted by Gasteiger charge is -2.32. The fraction of sp³-hybridized carbons (Fsp3) is 0.833. The maximum atomic E-state index is 5.19. The molecule has 0 aromatic carbocycles. The second-order valence-electron chi connectivity index (χ2n) is 4.14. The van der Waals surface area contributed by atoms with Crippen molar-refractivity contribution in [1.82, 2.24) is 10.2 Å². The van der Waals surface area contributed by atoms with E-state index in [9.17, 15) is 0 Å². The molecule has 0 spiro atoms. The van der Waals surface area contributed by atoms with Gasteiger partial charge >= 0.3 is 0 Å². The Hall–Kier alpha value is -0.520. The molecule has 1 atom stereocenters. The molecule has 0 bridgehead atoms. The molecule has 1 rings (SSSR count). The first kappa shape index (κ1) is 11.6. The van der Waals surface area contributed by atoms with Crippen LogP contribution in [0.5, 0.6) is 0 Å². The molecule has 0 amide bonds. The third kappa shape index (κ3) is 4.13. The van der Waals surface area contributed by atoms with Crippen LogP contribution in [0.3, 0.4) is 0 Å². The monoisotopic (exact) mass is 194 g/mol. The Kier molecular flexibility index (Phi) is 5.66. The minimum absolute atomic E-state index is 0.745. The molecule has 2 nitrogen and oxygen atoms in total. The predicted octanol–water partition coefficient (Wildman–Crippen LogP) is 1.47. The molecular weight excluding hydrogens is 172 g/mol. The van der Waals surface area contributed by atoms with Crippen molar-refractivity contribution in [2.24, 2.45) is 0 Å². The summed E-state index contributed by atoms with van der Waals surface area (Å²) in [5.41, 5.74) is 0. The Morgan fingerprint density at radius 3 is 3.07 bits per heavy atom. The number of piperidine rings is 1. The number of likely N-dealkylation sites (N-methyl/N-ethyl adjacent to an activating group) is 1. The number of nitrogens with zero attached hydrogens (tertiary/aromatic N) is 1. The number of rotatable bonds is 5. The summed E-state index contributed by atoms with van der Waals surface area (Å²) in [7, 11) is 2.23. The Bertz CT molecular complexity index is 183. The van der Waals surface area contributed by atoms with Crippen LogP contribution in [0.1, 0.15) is 32.1 Å². The molecule has 2 heteroatoms. The van der Waals surface area contributed by atoms with Crippen molar-refractivity contribution < 1.29 is 0 Å². The first-order valence-corrected chi connectivity index (χ1v) is 5.69. The number of nitrogens with one attached hydrogen (secondary N) is 1. The highest BCUT2D eigenvalue weighted by molar-refractivity contribution is 4.83. The van der Waals surface area contributed by atoms with Crippen LogP contribution >= 0.6 is 0 Å². The summed E-state index contributed by atoms with van der Waals surface area (Å²) in [5, 5.41) is 3.48. The van der Waals surface area contributed by atoms with Gasteiger partial charge < -0.3 is 10.2 Å². The Balaban J connectivity index is 2.02. The van der Waals surface area contributed by atoms with Crippen molar-refractivity contribution in [1.29, 1.82) is 0 Å². The van der Waals surface area contributed by atoms with E-state index < -0.39 is 0 Å². The summed E-state index contributed by atoms with van der Waals surface area (Å²) < 4.78 is 0. The summed E-state index contributed by atoms with van der Waals surface area (Å²) in [5.74, 6) is 2.66. The first-order chi connectivity index (χ1) is 6.84. The van der Waals surface area contributed by atoms with E-state index >= 15 is 0 Å². The molecule has 0 aromatic rings. The highest BCUT2D eigenvalue weighted by Gasteiger charge is 2.17. The molecule has 14 heavy (non-hydrogen) atoms. The normalized spacial score (nSPS) is 23.3. The molecule has 0 saturated carbocycles. The van der Waals surface area contributed by atoms with Crippen molar-refractivity contribution in [2.45, 2.75) is 38.1 Å². The summed E-state index contributed by atoms with van der Waals surface area (Å²) in [4.78, 5) is 2.47. The average Bonchev–Trinajstić information content (AvgIpc) is 2.20. The van der Waals surface area contributed by atoms with Crippen LogP contribution in [0.2, 0.25) is 0 Å². The highest BCUT2D eigenvalue weighted by atomic mass is 15.2. The molecule has 0 aliphatic carbocycles. The highest BCUT2D eigenvalue weighted by Crippen LogP contribution is 2.13. The molecular formula is C12H22N2. The Morgan fingerprint density at radius 1 is 1.50 bits per heavy atom. The third-order valence-electron chi connectivity index (χ3n) is 2.98. The van der Waals surface area contributed by atoms with Gasteiger partial charge in [0.15, 0.2) is 0 Å². The molecule has 1 unspecified atom stereocenters. The smallest absolute Gasteiger partial charge is 0.0217 e. The van der Waals surface area contributed by atoms with Gasteiger partial charge in [-0.25, -0.2) is 0 Å². The zero-order valence-corrected chi connectivity index (χ0v) is 9.26. The molecule has 80 valence electrons. The van der Waals surface area contributed by atoms with Crippen LogP contribution in [-0.4, -0.2) is 37.6 Å². The third-order valence-corrected chi connectivity index (χ3v) is 2.98. The topological polar surface area (TPSA) is 15.3 Å². The fourth-order valence-corrected chi connectivity index (χ4v) is 1.99. The number of unbranched alkanes of at least 4 members (excludes halogenated alkanes) is 1. The van der Waals surface area contributed by atoms with Gasteiger partial charge in [0.1, 0.15) is 0 Å². The number of likely N-dealkylation sites (tertiary alicyclic amines) is 1. The van der Waals surface area contributed by atoms with E-state index in [-0.39, 0.29) is 0 Å². The van der Waals surface area contributed by atoms with Crippen molar-refractivity contribution in [3.05, 3.63) is 0 Å². The zero-order chi connectivity index (χ0) is 10.2. The van der Waals surface area contributed by atoms with E-state index in [1.165, 1.54) is 25.8 Å². The van der Waals surface area contributed by atoms with Crippen LogP contribution < -0.4 is 5.32 Å². The lowest BCUT2D eigenvalue weighted by Crippen LogP contribution is -2.43. The van der Waals surface area contributed by atoms with Crippen LogP contribution in [0.4, 0.5) is 0 Å². The van der Waals surface area contributed by atoms with Crippen LogP contribution in [0.15, 0.2) is 0 Å².